The molecule has 2 amide bonds. The first-order valence-corrected chi connectivity index (χ1v) is 15.5. The van der Waals surface area contributed by atoms with Crippen LogP contribution in [-0.4, -0.2) is 89.2 Å². The minimum atomic E-state index is -3.33. The highest BCUT2D eigenvalue weighted by Gasteiger charge is 2.31. The molecule has 2 N–H and O–H groups in total. The van der Waals surface area contributed by atoms with E-state index in [1.165, 1.54) is 31.5 Å². The molecule has 2 aromatic rings. The highest BCUT2D eigenvalue weighted by Crippen LogP contribution is 2.50. The molecule has 0 aromatic heterocycles. The molecule has 2 aliphatic rings. The number of piperazine rings is 1. The van der Waals surface area contributed by atoms with E-state index in [4.69, 9.17) is 14.2 Å². The molecule has 1 aliphatic carbocycles. The molecule has 0 unspecified atom stereocenters. The van der Waals surface area contributed by atoms with Gasteiger partial charge < -0.3 is 29.7 Å². The first kappa shape index (κ1) is 31.1. The third-order valence-electron chi connectivity index (χ3n) is 7.68. The van der Waals surface area contributed by atoms with E-state index in [0.29, 0.717) is 41.2 Å². The van der Waals surface area contributed by atoms with E-state index < -0.39 is 22.1 Å². The molecule has 12 nitrogen and oxygen atoms in total. The van der Waals surface area contributed by atoms with Gasteiger partial charge >= 0.3 is 0 Å². The molecule has 228 valence electrons. The third-order valence-corrected chi connectivity index (χ3v) is 8.98. The average Bonchev–Trinajstić information content (AvgIpc) is 3.19. The number of fused-ring (bicyclic) bond motifs is 3. The Morgan fingerprint density at radius 2 is 1.67 bits per heavy atom. The topological polar surface area (TPSA) is 144 Å². The normalized spacial score (nSPS) is 17.7. The van der Waals surface area contributed by atoms with Gasteiger partial charge in [-0.25, -0.2) is 8.42 Å². The van der Waals surface area contributed by atoms with Gasteiger partial charge in [0.05, 0.1) is 39.3 Å². The van der Waals surface area contributed by atoms with Gasteiger partial charge in [-0.2, -0.15) is 4.31 Å². The summed E-state index contributed by atoms with van der Waals surface area (Å²) in [5.74, 6) is 0.887. The zero-order chi connectivity index (χ0) is 30.8. The summed E-state index contributed by atoms with van der Waals surface area (Å²) in [7, 11) is 1.27. The number of amides is 2. The van der Waals surface area contributed by atoms with Gasteiger partial charge in [-0.1, -0.05) is 6.07 Å². The van der Waals surface area contributed by atoms with E-state index >= 15 is 0 Å². The number of carbonyl (C=O) groups excluding carboxylic acids is 2. The van der Waals surface area contributed by atoms with Crippen molar-refractivity contribution in [2.75, 3.05) is 59.1 Å². The van der Waals surface area contributed by atoms with E-state index in [0.717, 1.165) is 17.4 Å². The van der Waals surface area contributed by atoms with Crippen LogP contribution in [0.4, 0.5) is 5.69 Å². The molecule has 0 spiro atoms. The van der Waals surface area contributed by atoms with Gasteiger partial charge in [0, 0.05) is 38.7 Å². The van der Waals surface area contributed by atoms with Crippen LogP contribution in [0.15, 0.2) is 29.1 Å². The minimum Gasteiger partial charge on any atom is -0.493 e. The Morgan fingerprint density at radius 1 is 1.00 bits per heavy atom. The van der Waals surface area contributed by atoms with Crippen molar-refractivity contribution in [3.05, 3.63) is 45.6 Å². The highest BCUT2D eigenvalue weighted by atomic mass is 32.2. The van der Waals surface area contributed by atoms with Gasteiger partial charge in [0.15, 0.2) is 11.5 Å². The van der Waals surface area contributed by atoms with Gasteiger partial charge in [0.25, 0.3) is 0 Å². The summed E-state index contributed by atoms with van der Waals surface area (Å²) in [4.78, 5) is 40.5. The SMILES string of the molecule is COc1cc2c(c(OC)c1OC)-c1ccc(N[C@@H](C)C(=O)N3CCN(S(C)(=O)=O)CC3)c(=O)cc1[C@@H](NC(C)=O)CC2. The number of nitrogens with one attached hydrogen (secondary N) is 2. The Kier molecular flexibility index (Phi) is 9.31. The lowest BCUT2D eigenvalue weighted by Gasteiger charge is -2.34. The average molecular weight is 603 g/mol. The minimum absolute atomic E-state index is 0.210. The summed E-state index contributed by atoms with van der Waals surface area (Å²) in [5, 5.41) is 6.03. The number of benzene rings is 1. The van der Waals surface area contributed by atoms with Crippen molar-refractivity contribution in [2.24, 2.45) is 0 Å². The predicted octanol–water partition coefficient (Wildman–Crippen LogP) is 1.77. The van der Waals surface area contributed by atoms with Crippen molar-refractivity contribution < 1.29 is 32.2 Å². The highest BCUT2D eigenvalue weighted by molar-refractivity contribution is 7.88. The molecule has 2 aromatic carbocycles. The third kappa shape index (κ3) is 6.31. The summed E-state index contributed by atoms with van der Waals surface area (Å²) < 4.78 is 42.0. The molecule has 4 rings (SSSR count). The lowest BCUT2D eigenvalue weighted by Crippen LogP contribution is -2.53. The van der Waals surface area contributed by atoms with Crippen LogP contribution in [0.5, 0.6) is 17.2 Å². The molecule has 1 heterocycles. The zero-order valence-electron chi connectivity index (χ0n) is 24.8. The Balaban J connectivity index is 1.74. The molecule has 13 heteroatoms. The van der Waals surface area contributed by atoms with Crippen LogP contribution >= 0.6 is 0 Å². The maximum absolute atomic E-state index is 13.6. The number of methoxy groups -OCH3 is 3. The van der Waals surface area contributed by atoms with E-state index in [2.05, 4.69) is 10.6 Å². The van der Waals surface area contributed by atoms with Gasteiger partial charge in [-0.3, -0.25) is 14.4 Å². The number of rotatable bonds is 8. The Morgan fingerprint density at radius 3 is 2.24 bits per heavy atom. The fourth-order valence-corrected chi connectivity index (χ4v) is 6.46. The molecule has 0 bridgehead atoms. The first-order chi connectivity index (χ1) is 19.9. The maximum atomic E-state index is 13.6. The van der Waals surface area contributed by atoms with E-state index in [9.17, 15) is 22.8 Å². The molecule has 42 heavy (non-hydrogen) atoms. The van der Waals surface area contributed by atoms with Gasteiger partial charge in [0.2, 0.25) is 33.0 Å². The van der Waals surface area contributed by atoms with Crippen LogP contribution in [0.2, 0.25) is 0 Å². The molecule has 1 aliphatic heterocycles. The molecule has 2 atom stereocenters. The van der Waals surface area contributed by atoms with Crippen LogP contribution in [0, 0.1) is 0 Å². The zero-order valence-corrected chi connectivity index (χ0v) is 25.6. The Bertz CT molecular complexity index is 1540. The number of carbonyl (C=O) groups is 2. The van der Waals surface area contributed by atoms with E-state index in [1.807, 2.05) is 6.07 Å². The van der Waals surface area contributed by atoms with Crippen LogP contribution in [0.25, 0.3) is 11.1 Å². The summed E-state index contributed by atoms with van der Waals surface area (Å²) in [6.45, 7) is 4.06. The second-order valence-electron chi connectivity index (χ2n) is 10.4. The molecule has 1 saturated heterocycles. The van der Waals surface area contributed by atoms with Crippen molar-refractivity contribution in [3.8, 4) is 28.4 Å². The summed E-state index contributed by atoms with van der Waals surface area (Å²) >= 11 is 0. The fraction of sp³-hybridized carbons (Fsp3) is 0.483. The van der Waals surface area contributed by atoms with Crippen molar-refractivity contribution in [1.29, 1.82) is 0 Å². The Labute approximate surface area is 246 Å². The van der Waals surface area contributed by atoms with Crippen molar-refractivity contribution in [2.45, 2.75) is 38.8 Å². The quantitative estimate of drug-likeness (QED) is 0.462. The van der Waals surface area contributed by atoms with E-state index in [1.54, 1.807) is 31.1 Å². The number of hydrogen-bond donors (Lipinski definition) is 2. The molecule has 1 fully saturated rings. The van der Waals surface area contributed by atoms with Gasteiger partial charge in [0.1, 0.15) is 6.04 Å². The number of ether oxygens (including phenoxy) is 3. The number of hydrogen-bond acceptors (Lipinski definition) is 9. The first-order valence-electron chi connectivity index (χ1n) is 13.7. The monoisotopic (exact) mass is 602 g/mol. The second-order valence-corrected chi connectivity index (χ2v) is 12.4. The predicted molar refractivity (Wildman–Crippen MR) is 159 cm³/mol. The maximum Gasteiger partial charge on any atom is 0.244 e. The largest absolute Gasteiger partial charge is 0.493 e. The van der Waals surface area contributed by atoms with Crippen LogP contribution in [0.1, 0.15) is 37.4 Å². The van der Waals surface area contributed by atoms with Crippen LogP contribution in [0.3, 0.4) is 0 Å². The molecular weight excluding hydrogens is 564 g/mol. The van der Waals surface area contributed by atoms with Crippen molar-refractivity contribution in [1.82, 2.24) is 14.5 Å². The van der Waals surface area contributed by atoms with Crippen LogP contribution < -0.4 is 30.3 Å². The van der Waals surface area contributed by atoms with Crippen molar-refractivity contribution in [3.63, 3.8) is 0 Å². The van der Waals surface area contributed by atoms with Crippen molar-refractivity contribution >= 4 is 27.5 Å². The lowest BCUT2D eigenvalue weighted by molar-refractivity contribution is -0.132. The summed E-state index contributed by atoms with van der Waals surface area (Å²) in [5.41, 5.74) is 2.79. The lowest BCUT2D eigenvalue weighted by atomic mass is 9.95. The summed E-state index contributed by atoms with van der Waals surface area (Å²) in [6.07, 6.45) is 2.25. The van der Waals surface area contributed by atoms with Crippen LogP contribution in [-0.2, 0) is 26.0 Å². The second kappa shape index (κ2) is 12.6. The number of nitrogens with zero attached hydrogens (tertiary/aromatic N) is 2. The van der Waals surface area contributed by atoms with Gasteiger partial charge in [-0.15, -0.1) is 0 Å². The fourth-order valence-electron chi connectivity index (χ4n) is 5.64. The van der Waals surface area contributed by atoms with E-state index in [-0.39, 0.29) is 49.1 Å². The smallest absolute Gasteiger partial charge is 0.244 e. The summed E-state index contributed by atoms with van der Waals surface area (Å²) in [6, 6.07) is 5.58. The standard InChI is InChI=1S/C29H38N4O8S/c1-17(29(36)32-11-13-33(14-12-32)42(6,37)38)30-23-10-8-20-21(16-24(23)35)22(31-18(2)34)9-7-19-15-25(39-3)27(40-4)28(41-5)26(19)20/h8,10,15-17,22H,7,9,11-14H2,1-6H3,(H,30,35)(H,31,34)/t17-,22-/m0/s1. The number of sulfonamides is 1. The molecule has 0 saturated carbocycles. The van der Waals surface area contributed by atoms with Gasteiger partial charge in [-0.05, 0) is 54.7 Å². The Hall–Kier alpha value is -3.84. The number of aryl methyl sites for hydroxylation is 1. The number of anilines is 1. The molecule has 0 radical (unpaired) electrons. The molecular formula is C29H38N4O8S.